The summed E-state index contributed by atoms with van der Waals surface area (Å²) in [5.74, 6) is -5.58. The van der Waals surface area contributed by atoms with Crippen molar-refractivity contribution in [3.63, 3.8) is 0 Å². The van der Waals surface area contributed by atoms with E-state index in [0.29, 0.717) is 0 Å². The van der Waals surface area contributed by atoms with E-state index in [1.54, 1.807) is 0 Å². The Kier molecular flexibility index (Phi) is 5.39. The van der Waals surface area contributed by atoms with Crippen molar-refractivity contribution in [3.05, 3.63) is 77.6 Å². The number of nitrogens with zero attached hydrogens (tertiary/aromatic N) is 2. The summed E-state index contributed by atoms with van der Waals surface area (Å²) in [6.07, 6.45) is 1.35. The molecule has 2 amide bonds. The molecule has 2 N–H and O–H groups in total. The number of halogens is 4. The minimum absolute atomic E-state index is 0.0366. The highest BCUT2D eigenvalue weighted by molar-refractivity contribution is 6.02. The smallest absolute Gasteiger partial charge is 0.276 e. The molecule has 28 heavy (non-hydrogen) atoms. The number of benzene rings is 2. The van der Waals surface area contributed by atoms with Crippen LogP contribution in [-0.2, 0) is 11.3 Å². The summed E-state index contributed by atoms with van der Waals surface area (Å²) in [5.41, 5.74) is 0.0345. The third kappa shape index (κ3) is 4.53. The van der Waals surface area contributed by atoms with E-state index in [1.165, 1.54) is 24.4 Å². The zero-order chi connectivity index (χ0) is 20.3. The van der Waals surface area contributed by atoms with Crippen LogP contribution in [0.15, 0.2) is 48.7 Å². The fraction of sp³-hybridized carbons (Fsp3) is 0.0556. The standard InChI is InChI=1S/C18H12F4N4O2/c19-12-3-1-10(7-14(12)21)23-17(27)9-26-6-5-16(25-26)18(28)24-11-2-4-13(20)15(22)8-11/h1-8H,9H2,(H,23,27)(H,24,28). The summed E-state index contributed by atoms with van der Waals surface area (Å²) in [6.45, 7) is -0.294. The number of aromatic nitrogens is 2. The van der Waals surface area contributed by atoms with Gasteiger partial charge in [0.1, 0.15) is 6.54 Å². The largest absolute Gasteiger partial charge is 0.324 e. The van der Waals surface area contributed by atoms with Crippen molar-refractivity contribution in [2.24, 2.45) is 0 Å². The molecule has 0 radical (unpaired) electrons. The maximum atomic E-state index is 13.2. The summed E-state index contributed by atoms with van der Waals surface area (Å²) in [5, 5.41) is 8.61. The second kappa shape index (κ2) is 7.91. The summed E-state index contributed by atoms with van der Waals surface area (Å²) in [4.78, 5) is 24.0. The molecule has 0 fully saturated rings. The van der Waals surface area contributed by atoms with Crippen LogP contribution in [0, 0.1) is 23.3 Å². The number of carbonyl (C=O) groups is 2. The molecule has 0 aliphatic carbocycles. The molecule has 2 aromatic carbocycles. The average molecular weight is 392 g/mol. The molecule has 3 rings (SSSR count). The predicted octanol–water partition coefficient (Wildman–Crippen LogP) is 3.33. The van der Waals surface area contributed by atoms with Gasteiger partial charge in [0.15, 0.2) is 29.0 Å². The second-order valence-electron chi connectivity index (χ2n) is 5.66. The molecule has 0 spiro atoms. The Morgan fingerprint density at radius 3 is 1.96 bits per heavy atom. The maximum Gasteiger partial charge on any atom is 0.276 e. The maximum absolute atomic E-state index is 13.2. The summed E-state index contributed by atoms with van der Waals surface area (Å²) in [6, 6.07) is 7.09. The molecule has 0 aliphatic rings. The van der Waals surface area contributed by atoms with Crippen LogP contribution in [0.25, 0.3) is 0 Å². The highest BCUT2D eigenvalue weighted by atomic mass is 19.2. The quantitative estimate of drug-likeness (QED) is 0.654. The lowest BCUT2D eigenvalue weighted by Crippen LogP contribution is -2.20. The van der Waals surface area contributed by atoms with Crippen LogP contribution in [0.3, 0.4) is 0 Å². The fourth-order valence-corrected chi connectivity index (χ4v) is 2.26. The fourth-order valence-electron chi connectivity index (χ4n) is 2.26. The number of carbonyl (C=O) groups excluding carboxylic acids is 2. The molecule has 0 aliphatic heterocycles. The SMILES string of the molecule is O=C(Cn1ccc(C(=O)Nc2ccc(F)c(F)c2)n1)Nc1ccc(F)c(F)c1. The Bertz CT molecular complexity index is 1050. The van der Waals surface area contributed by atoms with E-state index < -0.39 is 35.1 Å². The predicted molar refractivity (Wildman–Crippen MR) is 91.5 cm³/mol. The molecule has 0 atom stereocenters. The van der Waals surface area contributed by atoms with E-state index in [2.05, 4.69) is 15.7 Å². The van der Waals surface area contributed by atoms with E-state index in [4.69, 9.17) is 0 Å². The Morgan fingerprint density at radius 1 is 0.821 bits per heavy atom. The van der Waals surface area contributed by atoms with E-state index in [0.717, 1.165) is 28.9 Å². The van der Waals surface area contributed by atoms with Crippen LogP contribution in [-0.4, -0.2) is 21.6 Å². The molecule has 0 saturated heterocycles. The highest BCUT2D eigenvalue weighted by Crippen LogP contribution is 2.15. The van der Waals surface area contributed by atoms with Crippen molar-refractivity contribution >= 4 is 23.2 Å². The monoisotopic (exact) mass is 392 g/mol. The molecule has 1 aromatic heterocycles. The first-order valence-corrected chi connectivity index (χ1v) is 7.86. The average Bonchev–Trinajstić information content (AvgIpc) is 3.10. The number of hydrogen-bond acceptors (Lipinski definition) is 3. The number of rotatable bonds is 5. The van der Waals surface area contributed by atoms with Gasteiger partial charge >= 0.3 is 0 Å². The van der Waals surface area contributed by atoms with Crippen LogP contribution in [0.2, 0.25) is 0 Å². The van der Waals surface area contributed by atoms with Crippen LogP contribution in [0.1, 0.15) is 10.5 Å². The Hall–Kier alpha value is -3.69. The topological polar surface area (TPSA) is 76.0 Å². The molecule has 3 aromatic rings. The highest BCUT2D eigenvalue weighted by Gasteiger charge is 2.13. The van der Waals surface area contributed by atoms with E-state index in [9.17, 15) is 27.2 Å². The molecule has 144 valence electrons. The minimum atomic E-state index is -1.11. The van der Waals surface area contributed by atoms with Gasteiger partial charge < -0.3 is 10.6 Å². The van der Waals surface area contributed by atoms with Crippen LogP contribution in [0.4, 0.5) is 28.9 Å². The van der Waals surface area contributed by atoms with Crippen molar-refractivity contribution < 1.29 is 27.2 Å². The number of anilines is 2. The van der Waals surface area contributed by atoms with Gasteiger partial charge in [-0.3, -0.25) is 14.3 Å². The number of nitrogens with one attached hydrogen (secondary N) is 2. The van der Waals surface area contributed by atoms with Crippen molar-refractivity contribution in [2.75, 3.05) is 10.6 Å². The Balaban J connectivity index is 1.61. The molecular weight excluding hydrogens is 380 g/mol. The summed E-state index contributed by atoms with van der Waals surface area (Å²) in [7, 11) is 0. The van der Waals surface area contributed by atoms with Gasteiger partial charge in [0, 0.05) is 29.7 Å². The molecular formula is C18H12F4N4O2. The van der Waals surface area contributed by atoms with E-state index in [-0.39, 0.29) is 23.6 Å². The number of amides is 2. The zero-order valence-corrected chi connectivity index (χ0v) is 14.0. The van der Waals surface area contributed by atoms with Gasteiger partial charge in [-0.2, -0.15) is 5.10 Å². The lowest BCUT2D eigenvalue weighted by molar-refractivity contribution is -0.116. The first-order valence-electron chi connectivity index (χ1n) is 7.86. The van der Waals surface area contributed by atoms with Crippen LogP contribution in [0.5, 0.6) is 0 Å². The van der Waals surface area contributed by atoms with Gasteiger partial charge in [-0.15, -0.1) is 0 Å². The third-order valence-electron chi connectivity index (χ3n) is 3.56. The second-order valence-corrected chi connectivity index (χ2v) is 5.66. The Morgan fingerprint density at radius 2 is 1.39 bits per heavy atom. The molecule has 0 unspecified atom stereocenters. The molecule has 1 heterocycles. The third-order valence-corrected chi connectivity index (χ3v) is 3.56. The van der Waals surface area contributed by atoms with Gasteiger partial charge in [0.05, 0.1) is 0 Å². The first-order chi connectivity index (χ1) is 13.3. The van der Waals surface area contributed by atoms with Gasteiger partial charge in [0.2, 0.25) is 5.91 Å². The van der Waals surface area contributed by atoms with Gasteiger partial charge in [0.25, 0.3) is 5.91 Å². The molecule has 10 heteroatoms. The van der Waals surface area contributed by atoms with Crippen molar-refractivity contribution in [2.45, 2.75) is 6.54 Å². The number of hydrogen-bond donors (Lipinski definition) is 2. The lowest BCUT2D eigenvalue weighted by Gasteiger charge is -2.06. The summed E-state index contributed by atoms with van der Waals surface area (Å²) < 4.78 is 53.2. The van der Waals surface area contributed by atoms with E-state index in [1.807, 2.05) is 0 Å². The van der Waals surface area contributed by atoms with Crippen LogP contribution >= 0.6 is 0 Å². The normalized spacial score (nSPS) is 10.6. The lowest BCUT2D eigenvalue weighted by atomic mass is 10.3. The van der Waals surface area contributed by atoms with Crippen LogP contribution < -0.4 is 10.6 Å². The van der Waals surface area contributed by atoms with Crippen molar-refractivity contribution in [1.29, 1.82) is 0 Å². The molecule has 6 nitrogen and oxygen atoms in total. The summed E-state index contributed by atoms with van der Waals surface area (Å²) >= 11 is 0. The Labute approximate surface area is 155 Å². The van der Waals surface area contributed by atoms with Crippen molar-refractivity contribution in [1.82, 2.24) is 9.78 Å². The zero-order valence-electron chi connectivity index (χ0n) is 14.0. The molecule has 0 saturated carbocycles. The first kappa shape index (κ1) is 19.1. The van der Waals surface area contributed by atoms with Gasteiger partial charge in [-0.25, -0.2) is 17.6 Å². The van der Waals surface area contributed by atoms with Gasteiger partial charge in [-0.05, 0) is 30.3 Å². The van der Waals surface area contributed by atoms with Gasteiger partial charge in [-0.1, -0.05) is 0 Å². The molecule has 0 bridgehead atoms. The minimum Gasteiger partial charge on any atom is -0.324 e. The van der Waals surface area contributed by atoms with Crippen molar-refractivity contribution in [3.8, 4) is 0 Å². The van der Waals surface area contributed by atoms with E-state index >= 15 is 0 Å².